The summed E-state index contributed by atoms with van der Waals surface area (Å²) >= 11 is 1.14. The van der Waals surface area contributed by atoms with Crippen molar-refractivity contribution in [1.29, 1.82) is 0 Å². The highest BCUT2D eigenvalue weighted by Crippen LogP contribution is 2.19. The Morgan fingerprint density at radius 1 is 1.30 bits per heavy atom. The summed E-state index contributed by atoms with van der Waals surface area (Å²) < 4.78 is 26.7. The normalized spacial score (nSPS) is 10.7. The van der Waals surface area contributed by atoms with E-state index < -0.39 is 10.0 Å². The van der Waals surface area contributed by atoms with Crippen LogP contribution in [0.5, 0.6) is 0 Å². The van der Waals surface area contributed by atoms with E-state index in [2.05, 4.69) is 21.5 Å². The lowest BCUT2D eigenvalue weighted by atomic mass is 10.3. The van der Waals surface area contributed by atoms with E-state index in [1.165, 1.54) is 6.07 Å². The van der Waals surface area contributed by atoms with Gasteiger partial charge in [-0.3, -0.25) is 4.72 Å². The maximum absolute atomic E-state index is 12.0. The first kappa shape index (κ1) is 14.5. The predicted octanol–water partition coefficient (Wildman–Crippen LogP) is 1.68. The van der Waals surface area contributed by atoms with Crippen molar-refractivity contribution in [1.82, 2.24) is 4.98 Å². The van der Waals surface area contributed by atoms with E-state index in [9.17, 15) is 8.42 Å². The van der Waals surface area contributed by atoms with Gasteiger partial charge >= 0.3 is 0 Å². The monoisotopic (exact) mass is 308 g/mol. The number of aromatic nitrogens is 1. The van der Waals surface area contributed by atoms with Crippen LogP contribution in [0.3, 0.4) is 0 Å². The van der Waals surface area contributed by atoms with Gasteiger partial charge in [-0.1, -0.05) is 18.1 Å². The number of aliphatic hydroxyl groups is 1. The van der Waals surface area contributed by atoms with Crippen molar-refractivity contribution in [3.8, 4) is 11.8 Å². The SMILES string of the molecule is O=S(=O)(Nc1cccc(C#CCCO)n1)c1cccs1. The molecule has 7 heteroatoms. The number of nitrogens with one attached hydrogen (secondary N) is 1. The zero-order valence-electron chi connectivity index (χ0n) is 10.4. The zero-order chi connectivity index (χ0) is 14.4. The highest BCUT2D eigenvalue weighted by molar-refractivity contribution is 7.94. The summed E-state index contributed by atoms with van der Waals surface area (Å²) in [5.74, 6) is 5.70. The van der Waals surface area contributed by atoms with Crippen molar-refractivity contribution in [2.75, 3.05) is 11.3 Å². The maximum Gasteiger partial charge on any atom is 0.272 e. The summed E-state index contributed by atoms with van der Waals surface area (Å²) in [4.78, 5) is 4.10. The van der Waals surface area contributed by atoms with E-state index >= 15 is 0 Å². The van der Waals surface area contributed by atoms with Crippen molar-refractivity contribution in [2.24, 2.45) is 0 Å². The molecule has 2 heterocycles. The van der Waals surface area contributed by atoms with E-state index in [0.717, 1.165) is 11.3 Å². The number of nitrogens with zero attached hydrogens (tertiary/aromatic N) is 1. The van der Waals surface area contributed by atoms with Crippen molar-refractivity contribution >= 4 is 27.2 Å². The first-order valence-electron chi connectivity index (χ1n) is 5.75. The topological polar surface area (TPSA) is 79.3 Å². The van der Waals surface area contributed by atoms with Gasteiger partial charge in [0.15, 0.2) is 0 Å². The van der Waals surface area contributed by atoms with Crippen LogP contribution in [-0.2, 0) is 10.0 Å². The predicted molar refractivity (Wildman–Crippen MR) is 77.9 cm³/mol. The summed E-state index contributed by atoms with van der Waals surface area (Å²) in [5.41, 5.74) is 0.449. The second-order valence-electron chi connectivity index (χ2n) is 3.72. The van der Waals surface area contributed by atoms with Crippen LogP contribution in [0.4, 0.5) is 5.82 Å². The Morgan fingerprint density at radius 2 is 2.15 bits per heavy atom. The highest BCUT2D eigenvalue weighted by atomic mass is 32.2. The van der Waals surface area contributed by atoms with Crippen LogP contribution in [0.15, 0.2) is 39.9 Å². The molecule has 0 amide bonds. The molecule has 0 radical (unpaired) electrons. The molecule has 0 spiro atoms. The molecule has 2 rings (SSSR count). The number of thiophene rings is 1. The minimum atomic E-state index is -3.59. The van der Waals surface area contributed by atoms with E-state index in [1.54, 1.807) is 29.6 Å². The molecule has 0 aliphatic carbocycles. The Bertz CT molecular complexity index is 728. The second-order valence-corrected chi connectivity index (χ2v) is 6.58. The Balaban J connectivity index is 2.19. The van der Waals surface area contributed by atoms with Crippen molar-refractivity contribution in [2.45, 2.75) is 10.6 Å². The fraction of sp³-hybridized carbons (Fsp3) is 0.154. The number of pyridine rings is 1. The van der Waals surface area contributed by atoms with Crippen molar-refractivity contribution < 1.29 is 13.5 Å². The number of sulfonamides is 1. The molecule has 0 aliphatic rings. The minimum Gasteiger partial charge on any atom is -0.395 e. The summed E-state index contributed by atoms with van der Waals surface area (Å²) in [6.07, 6.45) is 0.354. The summed E-state index contributed by atoms with van der Waals surface area (Å²) in [6, 6.07) is 8.10. The van der Waals surface area contributed by atoms with Gasteiger partial charge in [-0.05, 0) is 29.5 Å². The van der Waals surface area contributed by atoms with Gasteiger partial charge < -0.3 is 5.11 Å². The molecule has 0 aromatic carbocycles. The molecule has 20 heavy (non-hydrogen) atoms. The molecule has 2 N–H and O–H groups in total. The lowest BCUT2D eigenvalue weighted by Gasteiger charge is -2.05. The van der Waals surface area contributed by atoms with Crippen LogP contribution in [-0.4, -0.2) is 25.1 Å². The molecule has 2 aromatic rings. The smallest absolute Gasteiger partial charge is 0.272 e. The molecule has 0 atom stereocenters. The van der Waals surface area contributed by atoms with Gasteiger partial charge in [0.25, 0.3) is 10.0 Å². The molecule has 104 valence electrons. The molecule has 0 bridgehead atoms. The van der Waals surface area contributed by atoms with Crippen LogP contribution < -0.4 is 4.72 Å². The standard InChI is InChI=1S/C13H12N2O3S2/c16-9-2-1-5-11-6-3-7-12(14-11)15-20(17,18)13-8-4-10-19-13/h3-4,6-8,10,16H,2,9H2,(H,14,15). The van der Waals surface area contributed by atoms with Crippen LogP contribution in [0.2, 0.25) is 0 Å². The number of hydrogen-bond donors (Lipinski definition) is 2. The van der Waals surface area contributed by atoms with Gasteiger partial charge in [0.2, 0.25) is 0 Å². The number of hydrogen-bond acceptors (Lipinski definition) is 5. The molecule has 0 fully saturated rings. The van der Waals surface area contributed by atoms with Crippen molar-refractivity contribution in [3.63, 3.8) is 0 Å². The van der Waals surface area contributed by atoms with Gasteiger partial charge in [0, 0.05) is 6.42 Å². The average molecular weight is 308 g/mol. The lowest BCUT2D eigenvalue weighted by molar-refractivity contribution is 0.305. The van der Waals surface area contributed by atoms with Crippen LogP contribution >= 0.6 is 11.3 Å². The largest absolute Gasteiger partial charge is 0.395 e. The van der Waals surface area contributed by atoms with Crippen LogP contribution in [0.25, 0.3) is 0 Å². The van der Waals surface area contributed by atoms with Crippen LogP contribution in [0, 0.1) is 11.8 Å². The molecule has 5 nitrogen and oxygen atoms in total. The summed E-state index contributed by atoms with van der Waals surface area (Å²) in [7, 11) is -3.59. The third kappa shape index (κ3) is 3.81. The first-order valence-corrected chi connectivity index (χ1v) is 8.11. The Labute approximate surface area is 121 Å². The van der Waals surface area contributed by atoms with E-state index in [-0.39, 0.29) is 16.6 Å². The fourth-order valence-electron chi connectivity index (χ4n) is 1.37. The molecule has 0 saturated heterocycles. The van der Waals surface area contributed by atoms with E-state index in [1.807, 2.05) is 0 Å². The Hall–Kier alpha value is -1.88. The molecule has 2 aromatic heterocycles. The third-order valence-corrected chi connectivity index (χ3v) is 4.95. The van der Waals surface area contributed by atoms with Gasteiger partial charge in [0.05, 0.1) is 6.61 Å². The fourth-order valence-corrected chi connectivity index (χ4v) is 3.37. The minimum absolute atomic E-state index is 0.0162. The van der Waals surface area contributed by atoms with Crippen LogP contribution in [0.1, 0.15) is 12.1 Å². The Kier molecular flexibility index (Phi) is 4.74. The summed E-state index contributed by atoms with van der Waals surface area (Å²) in [5, 5.41) is 10.3. The molecule has 0 unspecified atom stereocenters. The quantitative estimate of drug-likeness (QED) is 0.842. The zero-order valence-corrected chi connectivity index (χ0v) is 12.0. The number of aliphatic hydroxyl groups excluding tert-OH is 1. The lowest BCUT2D eigenvalue weighted by Crippen LogP contribution is -2.12. The van der Waals surface area contributed by atoms with Gasteiger partial charge in [-0.25, -0.2) is 13.4 Å². The molecule has 0 saturated carbocycles. The first-order chi connectivity index (χ1) is 9.62. The highest BCUT2D eigenvalue weighted by Gasteiger charge is 2.15. The van der Waals surface area contributed by atoms with Gasteiger partial charge in [-0.2, -0.15) is 0 Å². The third-order valence-electron chi connectivity index (χ3n) is 2.20. The number of anilines is 1. The second kappa shape index (κ2) is 6.52. The number of rotatable bonds is 4. The van der Waals surface area contributed by atoms with E-state index in [0.29, 0.717) is 12.1 Å². The van der Waals surface area contributed by atoms with E-state index in [4.69, 9.17) is 5.11 Å². The average Bonchev–Trinajstić information content (AvgIpc) is 2.94. The molecular weight excluding hydrogens is 296 g/mol. The van der Waals surface area contributed by atoms with Crippen molar-refractivity contribution in [3.05, 3.63) is 41.4 Å². The Morgan fingerprint density at radius 3 is 2.85 bits per heavy atom. The van der Waals surface area contributed by atoms with Gasteiger partial charge in [-0.15, -0.1) is 11.3 Å². The molecule has 0 aliphatic heterocycles. The maximum atomic E-state index is 12.0. The summed E-state index contributed by atoms with van der Waals surface area (Å²) in [6.45, 7) is -0.0162. The molecular formula is C13H12N2O3S2. The van der Waals surface area contributed by atoms with Gasteiger partial charge in [0.1, 0.15) is 15.7 Å².